The Bertz CT molecular complexity index is 506. The van der Waals surface area contributed by atoms with E-state index in [2.05, 4.69) is 24.9 Å². The van der Waals surface area contributed by atoms with E-state index in [1.54, 1.807) is 0 Å². The third kappa shape index (κ3) is 1.77. The standard InChI is InChI=1S/C12H13ClN2/c1-7(2)9-6-8-4-3-5-10(13)11(8)15-12(9)14/h3-7H,1-2H3,(H2,14,15). The Morgan fingerprint density at radius 1 is 1.33 bits per heavy atom. The third-order valence-electron chi connectivity index (χ3n) is 2.48. The molecule has 78 valence electrons. The number of nitrogen functional groups attached to an aromatic ring is 1. The molecule has 0 aliphatic carbocycles. The van der Waals surface area contributed by atoms with Crippen LogP contribution < -0.4 is 5.73 Å². The number of rotatable bonds is 1. The van der Waals surface area contributed by atoms with Crippen LogP contribution in [-0.2, 0) is 0 Å². The second-order valence-corrected chi connectivity index (χ2v) is 4.34. The molecule has 2 aromatic rings. The molecule has 1 aromatic carbocycles. The SMILES string of the molecule is CC(C)c1cc2cccc(Cl)c2nc1N. The quantitative estimate of drug-likeness (QED) is 0.798. The zero-order valence-corrected chi connectivity index (χ0v) is 9.55. The average Bonchev–Trinajstić information content (AvgIpc) is 2.18. The van der Waals surface area contributed by atoms with Gasteiger partial charge < -0.3 is 5.73 Å². The zero-order chi connectivity index (χ0) is 11.0. The van der Waals surface area contributed by atoms with Crippen LogP contribution in [0.5, 0.6) is 0 Å². The van der Waals surface area contributed by atoms with Gasteiger partial charge in [0, 0.05) is 5.39 Å². The number of fused-ring (bicyclic) bond motifs is 1. The molecule has 2 rings (SSSR count). The number of anilines is 1. The number of benzene rings is 1. The molecule has 3 heteroatoms. The van der Waals surface area contributed by atoms with E-state index in [9.17, 15) is 0 Å². The first-order valence-electron chi connectivity index (χ1n) is 4.94. The summed E-state index contributed by atoms with van der Waals surface area (Å²) in [6.07, 6.45) is 0. The van der Waals surface area contributed by atoms with Crippen molar-refractivity contribution in [3.63, 3.8) is 0 Å². The number of nitrogens with zero attached hydrogens (tertiary/aromatic N) is 1. The lowest BCUT2D eigenvalue weighted by Gasteiger charge is -2.10. The molecule has 0 saturated carbocycles. The average molecular weight is 221 g/mol. The molecule has 0 aliphatic rings. The van der Waals surface area contributed by atoms with E-state index in [-0.39, 0.29) is 0 Å². The van der Waals surface area contributed by atoms with Gasteiger partial charge in [0.05, 0.1) is 10.5 Å². The van der Waals surface area contributed by atoms with E-state index in [0.29, 0.717) is 16.8 Å². The van der Waals surface area contributed by atoms with Gasteiger partial charge >= 0.3 is 0 Å². The molecular formula is C12H13ClN2. The first-order chi connectivity index (χ1) is 7.09. The third-order valence-corrected chi connectivity index (χ3v) is 2.78. The number of hydrogen-bond donors (Lipinski definition) is 1. The van der Waals surface area contributed by atoms with Gasteiger partial charge in [0.15, 0.2) is 0 Å². The lowest BCUT2D eigenvalue weighted by molar-refractivity contribution is 0.866. The van der Waals surface area contributed by atoms with Gasteiger partial charge in [0.25, 0.3) is 0 Å². The summed E-state index contributed by atoms with van der Waals surface area (Å²) in [5.41, 5.74) is 7.74. The molecule has 15 heavy (non-hydrogen) atoms. The maximum absolute atomic E-state index is 6.04. The van der Waals surface area contributed by atoms with Crippen LogP contribution in [0.3, 0.4) is 0 Å². The highest BCUT2D eigenvalue weighted by molar-refractivity contribution is 6.35. The van der Waals surface area contributed by atoms with Crippen molar-refractivity contribution in [3.05, 3.63) is 34.9 Å². The summed E-state index contributed by atoms with van der Waals surface area (Å²) in [4.78, 5) is 4.34. The van der Waals surface area contributed by atoms with E-state index in [0.717, 1.165) is 16.5 Å². The van der Waals surface area contributed by atoms with Crippen molar-refractivity contribution in [3.8, 4) is 0 Å². The Kier molecular flexibility index (Phi) is 2.53. The number of para-hydroxylation sites is 1. The molecule has 0 radical (unpaired) electrons. The Balaban J connectivity index is 2.76. The largest absolute Gasteiger partial charge is 0.383 e. The maximum Gasteiger partial charge on any atom is 0.127 e. The van der Waals surface area contributed by atoms with Crippen molar-refractivity contribution in [1.82, 2.24) is 4.98 Å². The van der Waals surface area contributed by atoms with E-state index in [1.807, 2.05) is 18.2 Å². The van der Waals surface area contributed by atoms with Gasteiger partial charge in [-0.3, -0.25) is 0 Å². The molecular weight excluding hydrogens is 208 g/mol. The number of hydrogen-bond acceptors (Lipinski definition) is 2. The topological polar surface area (TPSA) is 38.9 Å². The van der Waals surface area contributed by atoms with Gasteiger partial charge in [-0.15, -0.1) is 0 Å². The van der Waals surface area contributed by atoms with Gasteiger partial charge in [-0.05, 0) is 23.6 Å². The highest BCUT2D eigenvalue weighted by Gasteiger charge is 2.08. The minimum Gasteiger partial charge on any atom is -0.383 e. The molecule has 0 atom stereocenters. The summed E-state index contributed by atoms with van der Waals surface area (Å²) in [5.74, 6) is 0.950. The van der Waals surface area contributed by atoms with Gasteiger partial charge in [0.1, 0.15) is 5.82 Å². The molecule has 0 saturated heterocycles. The number of aromatic nitrogens is 1. The Morgan fingerprint density at radius 2 is 2.07 bits per heavy atom. The van der Waals surface area contributed by atoms with E-state index >= 15 is 0 Å². The van der Waals surface area contributed by atoms with E-state index < -0.39 is 0 Å². The van der Waals surface area contributed by atoms with Crippen LogP contribution in [0.15, 0.2) is 24.3 Å². The highest BCUT2D eigenvalue weighted by atomic mass is 35.5. The molecule has 0 bridgehead atoms. The molecule has 0 aliphatic heterocycles. The highest BCUT2D eigenvalue weighted by Crippen LogP contribution is 2.28. The summed E-state index contributed by atoms with van der Waals surface area (Å²) >= 11 is 6.04. The first kappa shape index (κ1) is 10.2. The Hall–Kier alpha value is -1.28. The molecule has 0 fully saturated rings. The molecule has 0 unspecified atom stereocenters. The van der Waals surface area contributed by atoms with Crippen molar-refractivity contribution in [1.29, 1.82) is 0 Å². The van der Waals surface area contributed by atoms with Crippen LogP contribution >= 0.6 is 11.6 Å². The van der Waals surface area contributed by atoms with Crippen LogP contribution in [0, 0.1) is 0 Å². The van der Waals surface area contributed by atoms with Crippen molar-refractivity contribution < 1.29 is 0 Å². The lowest BCUT2D eigenvalue weighted by Crippen LogP contribution is -2.00. The summed E-state index contributed by atoms with van der Waals surface area (Å²) in [6.45, 7) is 4.20. The van der Waals surface area contributed by atoms with E-state index in [4.69, 9.17) is 17.3 Å². The molecule has 1 aromatic heterocycles. The van der Waals surface area contributed by atoms with Gasteiger partial charge in [-0.2, -0.15) is 0 Å². The van der Waals surface area contributed by atoms with Gasteiger partial charge in [-0.1, -0.05) is 37.6 Å². The van der Waals surface area contributed by atoms with Crippen LogP contribution in [0.2, 0.25) is 5.02 Å². The minimum atomic E-state index is 0.376. The van der Waals surface area contributed by atoms with Gasteiger partial charge in [0.2, 0.25) is 0 Å². The maximum atomic E-state index is 6.04. The summed E-state index contributed by atoms with van der Waals surface area (Å²) in [6, 6.07) is 7.81. The summed E-state index contributed by atoms with van der Waals surface area (Å²) < 4.78 is 0. The van der Waals surface area contributed by atoms with E-state index in [1.165, 1.54) is 0 Å². The fourth-order valence-corrected chi connectivity index (χ4v) is 1.88. The number of halogens is 1. The first-order valence-corrected chi connectivity index (χ1v) is 5.32. The van der Waals surface area contributed by atoms with Crippen LogP contribution in [0.25, 0.3) is 10.9 Å². The predicted molar refractivity (Wildman–Crippen MR) is 65.3 cm³/mol. The Labute approximate surface area is 94.1 Å². The fourth-order valence-electron chi connectivity index (χ4n) is 1.66. The number of pyridine rings is 1. The van der Waals surface area contributed by atoms with Crippen LogP contribution in [0.1, 0.15) is 25.3 Å². The monoisotopic (exact) mass is 220 g/mol. The second kappa shape index (κ2) is 3.70. The normalized spacial score (nSPS) is 11.2. The Morgan fingerprint density at radius 3 is 2.73 bits per heavy atom. The predicted octanol–water partition coefficient (Wildman–Crippen LogP) is 3.59. The fraction of sp³-hybridized carbons (Fsp3) is 0.250. The molecule has 2 nitrogen and oxygen atoms in total. The zero-order valence-electron chi connectivity index (χ0n) is 8.79. The van der Waals surface area contributed by atoms with Crippen molar-refractivity contribution in [2.75, 3.05) is 5.73 Å². The van der Waals surface area contributed by atoms with Crippen molar-refractivity contribution in [2.24, 2.45) is 0 Å². The minimum absolute atomic E-state index is 0.376. The summed E-state index contributed by atoms with van der Waals surface area (Å²) in [7, 11) is 0. The van der Waals surface area contributed by atoms with Crippen LogP contribution in [-0.4, -0.2) is 4.98 Å². The van der Waals surface area contributed by atoms with Gasteiger partial charge in [-0.25, -0.2) is 4.98 Å². The summed E-state index contributed by atoms with van der Waals surface area (Å²) in [5, 5.41) is 1.69. The number of nitrogens with two attached hydrogens (primary N) is 1. The lowest BCUT2D eigenvalue weighted by atomic mass is 10.0. The molecule has 2 N–H and O–H groups in total. The second-order valence-electron chi connectivity index (χ2n) is 3.93. The van der Waals surface area contributed by atoms with Crippen molar-refractivity contribution in [2.45, 2.75) is 19.8 Å². The molecule has 0 spiro atoms. The smallest absolute Gasteiger partial charge is 0.127 e. The molecule has 0 amide bonds. The van der Waals surface area contributed by atoms with Crippen molar-refractivity contribution >= 4 is 28.3 Å². The molecule has 1 heterocycles. The van der Waals surface area contributed by atoms with Crippen LogP contribution in [0.4, 0.5) is 5.82 Å².